The van der Waals surface area contributed by atoms with Crippen molar-refractivity contribution < 1.29 is 17.2 Å². The van der Waals surface area contributed by atoms with Crippen molar-refractivity contribution in [3.63, 3.8) is 0 Å². The van der Waals surface area contributed by atoms with Crippen LogP contribution < -0.4 is 5.32 Å². The van der Waals surface area contributed by atoms with E-state index in [1.54, 1.807) is 11.6 Å². The third kappa shape index (κ3) is 2.96. The summed E-state index contributed by atoms with van der Waals surface area (Å²) in [4.78, 5) is 4.60. The van der Waals surface area contributed by atoms with Crippen molar-refractivity contribution in [1.82, 2.24) is 4.98 Å². The van der Waals surface area contributed by atoms with Crippen molar-refractivity contribution >= 4 is 26.9 Å². The second kappa shape index (κ2) is 5.84. The van der Waals surface area contributed by atoms with Crippen molar-refractivity contribution in [1.29, 1.82) is 0 Å². The minimum Gasteiger partial charge on any atom is -0.379 e. The Morgan fingerprint density at radius 2 is 2.05 bits per heavy atom. The molecule has 1 aromatic heterocycles. The minimum absolute atomic E-state index is 0.167. The predicted molar refractivity (Wildman–Crippen MR) is 73.8 cm³/mol. The number of thiazole rings is 1. The van der Waals surface area contributed by atoms with Crippen LogP contribution in [0.3, 0.4) is 0 Å². The van der Waals surface area contributed by atoms with E-state index in [0.717, 1.165) is 10.6 Å². The third-order valence-electron chi connectivity index (χ3n) is 2.71. The number of para-hydroxylation sites is 1. The predicted octanol–water partition coefficient (Wildman–Crippen LogP) is 3.06. The van der Waals surface area contributed by atoms with Gasteiger partial charge in [-0.3, -0.25) is 0 Å². The molecule has 2 aromatic rings. The summed E-state index contributed by atoms with van der Waals surface area (Å²) < 4.78 is 48.4. The molecule has 0 saturated carbocycles. The highest BCUT2D eigenvalue weighted by Gasteiger charge is 2.28. The van der Waals surface area contributed by atoms with Crippen LogP contribution in [0.25, 0.3) is 0 Å². The highest BCUT2D eigenvalue weighted by Crippen LogP contribution is 2.27. The Labute approximate surface area is 119 Å². The lowest BCUT2D eigenvalue weighted by Crippen LogP contribution is -2.14. The topological polar surface area (TPSA) is 59.1 Å². The Balaban J connectivity index is 2.28. The fourth-order valence-electron chi connectivity index (χ4n) is 1.63. The number of nitrogens with one attached hydrogen (secondary N) is 1. The lowest BCUT2D eigenvalue weighted by atomic mass is 10.3. The smallest absolute Gasteiger partial charge is 0.341 e. The SMILES string of the molecule is Cc1ncsc1CNc1ccccc1S(=O)(=O)C(F)F. The zero-order valence-electron chi connectivity index (χ0n) is 10.5. The van der Waals surface area contributed by atoms with Crippen LogP contribution in [0.5, 0.6) is 0 Å². The summed E-state index contributed by atoms with van der Waals surface area (Å²) in [7, 11) is -4.62. The molecular weight excluding hydrogens is 306 g/mol. The van der Waals surface area contributed by atoms with E-state index < -0.39 is 20.5 Å². The standard InChI is InChI=1S/C12H12F2N2O2S2/c1-8-10(19-7-16-8)6-15-9-4-2-3-5-11(9)20(17,18)12(13)14/h2-5,7,12,15H,6H2,1H3. The van der Waals surface area contributed by atoms with Crippen LogP contribution in [-0.2, 0) is 16.4 Å². The van der Waals surface area contributed by atoms with Gasteiger partial charge in [0.2, 0.25) is 9.84 Å². The Morgan fingerprint density at radius 1 is 1.35 bits per heavy atom. The lowest BCUT2D eigenvalue weighted by Gasteiger charge is -2.11. The molecule has 4 nitrogen and oxygen atoms in total. The maximum absolute atomic E-state index is 12.6. The molecule has 108 valence electrons. The van der Waals surface area contributed by atoms with E-state index in [9.17, 15) is 17.2 Å². The molecule has 0 saturated heterocycles. The quantitative estimate of drug-likeness (QED) is 0.920. The normalized spacial score (nSPS) is 11.8. The summed E-state index contributed by atoms with van der Waals surface area (Å²) in [5.74, 6) is -3.43. The van der Waals surface area contributed by atoms with E-state index in [4.69, 9.17) is 0 Å². The highest BCUT2D eigenvalue weighted by atomic mass is 32.2. The number of aryl methyl sites for hydroxylation is 1. The second-order valence-corrected chi connectivity index (χ2v) is 6.84. The number of anilines is 1. The van der Waals surface area contributed by atoms with Crippen molar-refractivity contribution in [3.8, 4) is 0 Å². The van der Waals surface area contributed by atoms with Gasteiger partial charge in [0.05, 0.1) is 28.3 Å². The molecule has 2 rings (SSSR count). The van der Waals surface area contributed by atoms with Gasteiger partial charge in [0, 0.05) is 4.88 Å². The van der Waals surface area contributed by atoms with E-state index in [1.807, 2.05) is 6.92 Å². The molecule has 1 heterocycles. The van der Waals surface area contributed by atoms with E-state index in [0.29, 0.717) is 6.54 Å². The fourth-order valence-corrected chi connectivity index (χ4v) is 3.25. The van der Waals surface area contributed by atoms with Gasteiger partial charge >= 0.3 is 5.76 Å². The van der Waals surface area contributed by atoms with Crippen molar-refractivity contribution in [3.05, 3.63) is 40.3 Å². The Bertz CT molecular complexity index is 699. The molecule has 0 atom stereocenters. The number of halogens is 2. The Hall–Kier alpha value is -1.54. The summed E-state index contributed by atoms with van der Waals surface area (Å²) in [6.07, 6.45) is 0. The van der Waals surface area contributed by atoms with Gasteiger partial charge in [-0.1, -0.05) is 12.1 Å². The van der Waals surface area contributed by atoms with Gasteiger partial charge in [0.25, 0.3) is 0 Å². The van der Waals surface area contributed by atoms with Gasteiger partial charge in [-0.05, 0) is 19.1 Å². The Morgan fingerprint density at radius 3 is 2.65 bits per heavy atom. The molecule has 0 radical (unpaired) electrons. The molecule has 0 amide bonds. The Kier molecular flexibility index (Phi) is 4.34. The zero-order chi connectivity index (χ0) is 14.8. The average molecular weight is 318 g/mol. The summed E-state index contributed by atoms with van der Waals surface area (Å²) >= 11 is 1.42. The number of nitrogens with zero attached hydrogens (tertiary/aromatic N) is 1. The summed E-state index contributed by atoms with van der Waals surface area (Å²) in [5.41, 5.74) is 2.67. The number of benzene rings is 1. The number of aromatic nitrogens is 1. The first-order valence-corrected chi connectivity index (χ1v) is 8.09. The van der Waals surface area contributed by atoms with Crippen LogP contribution >= 0.6 is 11.3 Å². The van der Waals surface area contributed by atoms with Gasteiger partial charge in [0.15, 0.2) is 0 Å². The molecule has 0 aliphatic heterocycles. The maximum Gasteiger partial charge on any atom is 0.341 e. The van der Waals surface area contributed by atoms with Gasteiger partial charge in [-0.15, -0.1) is 11.3 Å². The number of sulfone groups is 1. The molecule has 0 fully saturated rings. The molecule has 0 unspecified atom stereocenters. The molecule has 0 aliphatic carbocycles. The highest BCUT2D eigenvalue weighted by molar-refractivity contribution is 7.91. The van der Waals surface area contributed by atoms with Crippen LogP contribution in [0, 0.1) is 6.92 Å². The van der Waals surface area contributed by atoms with Crippen LogP contribution in [0.15, 0.2) is 34.7 Å². The van der Waals surface area contributed by atoms with Crippen molar-refractivity contribution in [2.24, 2.45) is 0 Å². The monoisotopic (exact) mass is 318 g/mol. The molecule has 0 bridgehead atoms. The molecular formula is C12H12F2N2O2S2. The molecule has 0 spiro atoms. The van der Waals surface area contributed by atoms with Gasteiger partial charge in [-0.2, -0.15) is 8.78 Å². The van der Waals surface area contributed by atoms with Crippen LogP contribution in [0.4, 0.5) is 14.5 Å². The van der Waals surface area contributed by atoms with Crippen molar-refractivity contribution in [2.75, 3.05) is 5.32 Å². The molecule has 8 heteroatoms. The van der Waals surface area contributed by atoms with E-state index in [2.05, 4.69) is 10.3 Å². The lowest BCUT2D eigenvalue weighted by molar-refractivity contribution is 0.235. The van der Waals surface area contributed by atoms with E-state index in [1.165, 1.54) is 29.5 Å². The van der Waals surface area contributed by atoms with Crippen LogP contribution in [0.2, 0.25) is 0 Å². The first-order valence-electron chi connectivity index (χ1n) is 5.67. The molecule has 1 aromatic carbocycles. The van der Waals surface area contributed by atoms with E-state index >= 15 is 0 Å². The van der Waals surface area contributed by atoms with Crippen molar-refractivity contribution in [2.45, 2.75) is 24.1 Å². The van der Waals surface area contributed by atoms with Crippen LogP contribution in [0.1, 0.15) is 10.6 Å². The maximum atomic E-state index is 12.6. The number of rotatable bonds is 5. The summed E-state index contributed by atoms with van der Waals surface area (Å²) in [6.45, 7) is 2.17. The summed E-state index contributed by atoms with van der Waals surface area (Å²) in [5, 5.41) is 2.88. The zero-order valence-corrected chi connectivity index (χ0v) is 12.1. The molecule has 20 heavy (non-hydrogen) atoms. The summed E-state index contributed by atoms with van der Waals surface area (Å²) in [6, 6.07) is 5.64. The van der Waals surface area contributed by atoms with Gasteiger partial charge < -0.3 is 5.32 Å². The number of hydrogen-bond acceptors (Lipinski definition) is 5. The second-order valence-electron chi connectivity index (χ2n) is 4.02. The average Bonchev–Trinajstić information content (AvgIpc) is 2.82. The third-order valence-corrected chi connectivity index (χ3v) is 5.09. The molecule has 1 N–H and O–H groups in total. The van der Waals surface area contributed by atoms with Gasteiger partial charge in [0.1, 0.15) is 0 Å². The largest absolute Gasteiger partial charge is 0.379 e. The van der Waals surface area contributed by atoms with E-state index in [-0.39, 0.29) is 5.69 Å². The first-order chi connectivity index (χ1) is 9.43. The molecule has 0 aliphatic rings. The minimum atomic E-state index is -4.62. The van der Waals surface area contributed by atoms with Gasteiger partial charge in [-0.25, -0.2) is 13.4 Å². The fraction of sp³-hybridized carbons (Fsp3) is 0.250. The number of alkyl halides is 2. The van der Waals surface area contributed by atoms with Crippen LogP contribution in [-0.4, -0.2) is 19.2 Å². The first kappa shape index (κ1) is 14.9. The number of hydrogen-bond donors (Lipinski definition) is 1.